The van der Waals surface area contributed by atoms with Crippen molar-refractivity contribution in [3.8, 4) is 56.7 Å². The maximum Gasteiger partial charge on any atom is 0.165 e. The van der Waals surface area contributed by atoms with Gasteiger partial charge >= 0.3 is 0 Å². The van der Waals surface area contributed by atoms with Crippen molar-refractivity contribution in [2.45, 2.75) is 0 Å². The number of rotatable bonds is 7. The van der Waals surface area contributed by atoms with Gasteiger partial charge in [-0.3, -0.25) is 9.13 Å². The van der Waals surface area contributed by atoms with E-state index >= 15 is 0 Å². The van der Waals surface area contributed by atoms with Crippen LogP contribution >= 0.6 is 0 Å². The zero-order valence-corrected chi connectivity index (χ0v) is 58.7. The third kappa shape index (κ3) is 8.30. The number of aromatic nitrogens is 8. The van der Waals surface area contributed by atoms with Crippen LogP contribution in [0.4, 0.5) is 0 Å². The fourth-order valence-electron chi connectivity index (χ4n) is 18.6. The van der Waals surface area contributed by atoms with Crippen LogP contribution < -0.4 is 0 Å². The van der Waals surface area contributed by atoms with Crippen molar-refractivity contribution in [3.05, 3.63) is 340 Å². The Labute approximate surface area is 625 Å². The van der Waals surface area contributed by atoms with Gasteiger partial charge in [0, 0.05) is 87.1 Å². The predicted molar refractivity (Wildman–Crippen MR) is 453 cm³/mol. The first-order chi connectivity index (χ1) is 54.5. The number of hydrogen-bond acceptors (Lipinski definition) is 6. The van der Waals surface area contributed by atoms with Crippen LogP contribution in [-0.4, -0.2) is 38.2 Å². The minimum atomic E-state index is 0.723. The number of furan rings is 2. The summed E-state index contributed by atoms with van der Waals surface area (Å²) in [4.78, 5) is 22.8. The van der Waals surface area contributed by atoms with E-state index in [1.165, 1.54) is 43.1 Å². The molecule has 25 aromatic rings. The molecule has 0 saturated carbocycles. The van der Waals surface area contributed by atoms with Gasteiger partial charge in [0.1, 0.15) is 33.7 Å². The summed E-state index contributed by atoms with van der Waals surface area (Å²) in [5.74, 6) is 1.45. The summed E-state index contributed by atoms with van der Waals surface area (Å²) in [5.41, 5.74) is 22.5. The molecule has 0 unspecified atom stereocenters. The molecule has 17 aromatic carbocycles. The normalized spacial score (nSPS) is 12.4. The molecule has 0 atom stereocenters. The fraction of sp³-hybridized carbons (Fsp3) is 0. The van der Waals surface area contributed by atoms with Gasteiger partial charge < -0.3 is 18.0 Å². The van der Waals surface area contributed by atoms with Crippen molar-refractivity contribution < 1.29 is 8.83 Å². The fourth-order valence-corrected chi connectivity index (χ4v) is 18.6. The average Bonchev–Trinajstić information content (AvgIpc) is 1.55. The van der Waals surface area contributed by atoms with Crippen molar-refractivity contribution >= 4 is 185 Å². The van der Waals surface area contributed by atoms with E-state index in [-0.39, 0.29) is 0 Å². The Balaban J connectivity index is 0.693. The van der Waals surface area contributed by atoms with E-state index in [0.717, 1.165) is 199 Å². The summed E-state index contributed by atoms with van der Waals surface area (Å²) in [6, 6.07) is 122. The lowest BCUT2D eigenvalue weighted by atomic mass is 9.96. The van der Waals surface area contributed by atoms with Gasteiger partial charge in [-0.25, -0.2) is 19.9 Å². The van der Waals surface area contributed by atoms with Crippen molar-refractivity contribution in [1.82, 2.24) is 38.2 Å². The first-order valence-corrected chi connectivity index (χ1v) is 37.3. The Morgan fingerprint density at radius 3 is 1.15 bits per heavy atom. The summed E-state index contributed by atoms with van der Waals surface area (Å²) in [7, 11) is 0. The van der Waals surface area contributed by atoms with E-state index in [4.69, 9.17) is 28.8 Å². The predicted octanol–water partition coefficient (Wildman–Crippen LogP) is 26.2. The average molecular weight is 1400 g/mol. The largest absolute Gasteiger partial charge is 0.456 e. The molecule has 508 valence electrons. The van der Waals surface area contributed by atoms with Crippen LogP contribution in [0.15, 0.2) is 349 Å². The Kier molecular flexibility index (Phi) is 12.0. The highest BCUT2D eigenvalue weighted by atomic mass is 16.3. The Hall–Kier alpha value is -15.0. The topological polar surface area (TPSA) is 97.6 Å². The zero-order valence-electron chi connectivity index (χ0n) is 58.7. The number of hydrogen-bond donors (Lipinski definition) is 0. The van der Waals surface area contributed by atoms with Crippen molar-refractivity contribution in [3.63, 3.8) is 0 Å². The molecule has 110 heavy (non-hydrogen) atoms. The van der Waals surface area contributed by atoms with Crippen molar-refractivity contribution in [2.75, 3.05) is 0 Å². The molecule has 10 nitrogen and oxygen atoms in total. The van der Waals surface area contributed by atoms with Crippen LogP contribution in [0.2, 0.25) is 0 Å². The molecule has 25 rings (SSSR count). The van der Waals surface area contributed by atoms with Gasteiger partial charge in [-0.2, -0.15) is 0 Å². The molecule has 8 aromatic heterocycles. The van der Waals surface area contributed by atoms with E-state index < -0.39 is 0 Å². The number of nitrogens with zero attached hydrogens (tertiary/aromatic N) is 8. The first kappa shape index (κ1) is 59.3. The minimum absolute atomic E-state index is 0.723. The standard InChI is InChI=1S/C100H56N8O2/c1-3-21-64-57(19-1)40-49-83-92(64)69-25-7-15-35-82(69)106(83)63-45-48-70-87(56-63)107(84-50-41-58-20-2-4-22-65(58)93(70)84)100-98(102-77-30-10-12-32-79(77)104-100)74-28-18-38-91-96(74)75-54-60(43-52-89(75)110-91)59-39-46-66-61(53-59)42-51-85-94(66)71-47-44-62(105-80-33-13-5-23-67(80)68-24-6-14-34-81(68)105)55-86(71)108(85)99-97(101-76-29-9-11-31-78(76)103-99)73-27-17-37-90-95(73)72-26-8-16-36-88(72)109-90/h1-56H. The van der Waals surface area contributed by atoms with Crippen LogP contribution in [0.1, 0.15) is 0 Å². The maximum atomic E-state index is 6.96. The number of fused-ring (bicyclic) bond motifs is 26. The highest BCUT2D eigenvalue weighted by molar-refractivity contribution is 6.26. The molecule has 0 aliphatic carbocycles. The van der Waals surface area contributed by atoms with Gasteiger partial charge in [-0.05, 0) is 165 Å². The third-order valence-electron chi connectivity index (χ3n) is 23.3. The lowest BCUT2D eigenvalue weighted by Gasteiger charge is -2.15. The molecule has 0 aliphatic rings. The van der Waals surface area contributed by atoms with E-state index in [1.807, 2.05) is 36.4 Å². The minimum Gasteiger partial charge on any atom is -0.456 e. The Bertz CT molecular complexity index is 8340. The van der Waals surface area contributed by atoms with Crippen molar-refractivity contribution in [2.24, 2.45) is 0 Å². The Morgan fingerprint density at radius 2 is 0.582 bits per heavy atom. The summed E-state index contributed by atoms with van der Waals surface area (Å²) in [5, 5.41) is 20.3. The number of benzene rings is 17. The van der Waals surface area contributed by atoms with E-state index in [2.05, 4.69) is 322 Å². The second-order valence-electron chi connectivity index (χ2n) is 29.1. The zero-order chi connectivity index (χ0) is 71.6. The summed E-state index contributed by atoms with van der Waals surface area (Å²) >= 11 is 0. The van der Waals surface area contributed by atoms with Gasteiger partial charge in [0.25, 0.3) is 0 Å². The number of para-hydroxylation sites is 8. The summed E-state index contributed by atoms with van der Waals surface area (Å²) in [6.07, 6.45) is 0. The second-order valence-corrected chi connectivity index (χ2v) is 29.1. The molecule has 0 spiro atoms. The molecule has 0 saturated heterocycles. The van der Waals surface area contributed by atoms with E-state index in [1.54, 1.807) is 0 Å². The molecule has 8 heterocycles. The summed E-state index contributed by atoms with van der Waals surface area (Å²) in [6.45, 7) is 0. The highest BCUT2D eigenvalue weighted by Crippen LogP contribution is 2.48. The molecule has 0 N–H and O–H groups in total. The molecule has 0 radical (unpaired) electrons. The van der Waals surface area contributed by atoms with Crippen LogP contribution in [0.25, 0.3) is 242 Å². The SMILES string of the molecule is c1ccc2c(c1)ccc1c2c2ccccc2n1-c1ccc2c3c4ccccc4ccc3n(-c3nc4ccccc4nc3-c3cccc4oc5ccc(-c6ccc7c(ccc8c7c7ccc(-n9c%10ccccc%10c%10ccccc%109)cc7n8-c7nc8ccccc8nc7-c7cccc8oc9ccccc9c78)c6)cc5c34)c2c1. The molecular weight excluding hydrogens is 1350 g/mol. The van der Waals surface area contributed by atoms with Gasteiger partial charge in [0.05, 0.1) is 66.2 Å². The van der Waals surface area contributed by atoms with Crippen molar-refractivity contribution in [1.29, 1.82) is 0 Å². The molecule has 10 heteroatoms. The van der Waals surface area contributed by atoms with Gasteiger partial charge in [-0.15, -0.1) is 0 Å². The Morgan fingerprint density at radius 1 is 0.200 bits per heavy atom. The van der Waals surface area contributed by atoms with Crippen LogP contribution in [0, 0.1) is 0 Å². The molecule has 0 aliphatic heterocycles. The van der Waals surface area contributed by atoms with E-state index in [9.17, 15) is 0 Å². The van der Waals surface area contributed by atoms with Crippen LogP contribution in [0.3, 0.4) is 0 Å². The summed E-state index contributed by atoms with van der Waals surface area (Å²) < 4.78 is 23.1. The monoisotopic (exact) mass is 1400 g/mol. The van der Waals surface area contributed by atoms with Gasteiger partial charge in [0.2, 0.25) is 0 Å². The maximum absolute atomic E-state index is 6.96. The van der Waals surface area contributed by atoms with E-state index in [0.29, 0.717) is 0 Å². The molecular formula is C100H56N8O2. The third-order valence-corrected chi connectivity index (χ3v) is 23.3. The van der Waals surface area contributed by atoms with Gasteiger partial charge in [-0.1, -0.05) is 218 Å². The highest BCUT2D eigenvalue weighted by Gasteiger charge is 2.28. The van der Waals surface area contributed by atoms with Crippen LogP contribution in [0.5, 0.6) is 0 Å². The smallest absolute Gasteiger partial charge is 0.165 e. The van der Waals surface area contributed by atoms with Crippen LogP contribution in [-0.2, 0) is 0 Å². The first-order valence-electron chi connectivity index (χ1n) is 37.3. The lowest BCUT2D eigenvalue weighted by Crippen LogP contribution is -2.04. The van der Waals surface area contributed by atoms with Gasteiger partial charge in [0.15, 0.2) is 11.6 Å². The molecule has 0 amide bonds. The molecule has 0 bridgehead atoms. The molecule has 0 fully saturated rings. The quantitative estimate of drug-likeness (QED) is 0.158. The lowest BCUT2D eigenvalue weighted by molar-refractivity contribution is 0.668. The second kappa shape index (κ2) is 22.3.